The number of likely N-dealkylation sites (N-methyl/N-ethyl adjacent to an activating group) is 1. The lowest BCUT2D eigenvalue weighted by Crippen LogP contribution is -2.50. The highest BCUT2D eigenvalue weighted by molar-refractivity contribution is 5.81. The minimum atomic E-state index is -0.573. The van der Waals surface area contributed by atoms with Crippen molar-refractivity contribution in [3.05, 3.63) is 35.9 Å². The third-order valence-electron chi connectivity index (χ3n) is 3.71. The zero-order valence-corrected chi connectivity index (χ0v) is 12.7. The first-order valence-corrected chi connectivity index (χ1v) is 7.40. The van der Waals surface area contributed by atoms with E-state index in [2.05, 4.69) is 10.2 Å². The molecule has 5 heteroatoms. The summed E-state index contributed by atoms with van der Waals surface area (Å²) in [6.45, 7) is 3.94. The van der Waals surface area contributed by atoms with Gasteiger partial charge in [0.25, 0.3) is 5.91 Å². The van der Waals surface area contributed by atoms with Gasteiger partial charge in [-0.05, 0) is 26.0 Å². The first-order chi connectivity index (χ1) is 10.1. The Morgan fingerprint density at radius 3 is 2.86 bits per heavy atom. The summed E-state index contributed by atoms with van der Waals surface area (Å²) in [5.41, 5.74) is 0.868. The molecule has 0 aromatic heterocycles. The van der Waals surface area contributed by atoms with Crippen molar-refractivity contribution in [1.82, 2.24) is 10.2 Å². The first kappa shape index (κ1) is 15.9. The van der Waals surface area contributed by atoms with Gasteiger partial charge in [0.2, 0.25) is 0 Å². The van der Waals surface area contributed by atoms with Gasteiger partial charge in [-0.2, -0.15) is 0 Å². The smallest absolute Gasteiger partial charge is 0.250 e. The van der Waals surface area contributed by atoms with Crippen LogP contribution in [0.2, 0.25) is 0 Å². The number of hydrogen-bond acceptors (Lipinski definition) is 4. The number of amides is 1. The summed E-state index contributed by atoms with van der Waals surface area (Å²) >= 11 is 0. The van der Waals surface area contributed by atoms with Crippen LogP contribution in [0, 0.1) is 0 Å². The molecule has 0 bridgehead atoms. The van der Waals surface area contributed by atoms with Crippen molar-refractivity contribution in [1.29, 1.82) is 0 Å². The zero-order chi connectivity index (χ0) is 15.2. The van der Waals surface area contributed by atoms with Crippen LogP contribution in [0.3, 0.4) is 0 Å². The summed E-state index contributed by atoms with van der Waals surface area (Å²) in [6.07, 6.45) is -0.505. The largest absolute Gasteiger partial charge is 0.388 e. The number of aliphatic hydroxyl groups is 1. The van der Waals surface area contributed by atoms with E-state index in [-0.39, 0.29) is 11.9 Å². The highest BCUT2D eigenvalue weighted by Crippen LogP contribution is 2.17. The Morgan fingerprint density at radius 1 is 1.48 bits per heavy atom. The normalized spacial score (nSPS) is 22.5. The van der Waals surface area contributed by atoms with Gasteiger partial charge in [0.05, 0.1) is 12.7 Å². The number of ether oxygens (including phenoxy) is 1. The van der Waals surface area contributed by atoms with Gasteiger partial charge in [0.15, 0.2) is 0 Å². The topological polar surface area (TPSA) is 61.8 Å². The van der Waals surface area contributed by atoms with Crippen LogP contribution in [-0.4, -0.2) is 54.8 Å². The Hall–Kier alpha value is -1.43. The van der Waals surface area contributed by atoms with Crippen LogP contribution in [0.25, 0.3) is 0 Å². The fourth-order valence-corrected chi connectivity index (χ4v) is 2.48. The monoisotopic (exact) mass is 292 g/mol. The van der Waals surface area contributed by atoms with Crippen molar-refractivity contribution >= 4 is 5.91 Å². The Bertz CT molecular complexity index is 452. The van der Waals surface area contributed by atoms with Crippen molar-refractivity contribution in [2.75, 3.05) is 26.7 Å². The van der Waals surface area contributed by atoms with E-state index in [1.807, 2.05) is 44.3 Å². The quantitative estimate of drug-likeness (QED) is 0.848. The molecule has 21 heavy (non-hydrogen) atoms. The molecular formula is C16H24N2O3. The van der Waals surface area contributed by atoms with Gasteiger partial charge in [0.1, 0.15) is 6.10 Å². The number of hydrogen-bond donors (Lipinski definition) is 2. The van der Waals surface area contributed by atoms with Crippen LogP contribution in [0.15, 0.2) is 30.3 Å². The maximum absolute atomic E-state index is 12.1. The van der Waals surface area contributed by atoms with E-state index >= 15 is 0 Å². The average Bonchev–Trinajstić information content (AvgIpc) is 2.48. The summed E-state index contributed by atoms with van der Waals surface area (Å²) in [5.74, 6) is -0.102. The van der Waals surface area contributed by atoms with Gasteiger partial charge in [-0.25, -0.2) is 0 Å². The van der Waals surface area contributed by atoms with E-state index in [0.29, 0.717) is 19.6 Å². The van der Waals surface area contributed by atoms with Crippen LogP contribution >= 0.6 is 0 Å². The fraction of sp³-hybridized carbons (Fsp3) is 0.562. The molecule has 1 aromatic carbocycles. The lowest BCUT2D eigenvalue weighted by molar-refractivity contribution is -0.138. The van der Waals surface area contributed by atoms with E-state index < -0.39 is 12.2 Å². The van der Waals surface area contributed by atoms with Gasteiger partial charge < -0.3 is 20.1 Å². The molecule has 3 atom stereocenters. The maximum atomic E-state index is 12.1. The zero-order valence-electron chi connectivity index (χ0n) is 12.7. The Morgan fingerprint density at radius 2 is 2.19 bits per heavy atom. The minimum Gasteiger partial charge on any atom is -0.388 e. The molecule has 5 nitrogen and oxygen atoms in total. The molecular weight excluding hydrogens is 268 g/mol. The van der Waals surface area contributed by atoms with E-state index in [1.54, 1.807) is 0 Å². The molecule has 1 amide bonds. The molecule has 0 aliphatic carbocycles. The molecule has 1 heterocycles. The molecule has 0 saturated carbocycles. The fourth-order valence-electron chi connectivity index (χ4n) is 2.48. The van der Waals surface area contributed by atoms with Gasteiger partial charge in [-0.3, -0.25) is 4.79 Å². The Labute approximate surface area is 125 Å². The van der Waals surface area contributed by atoms with Gasteiger partial charge in [-0.15, -0.1) is 0 Å². The second-order valence-corrected chi connectivity index (χ2v) is 5.69. The van der Waals surface area contributed by atoms with Gasteiger partial charge >= 0.3 is 0 Å². The van der Waals surface area contributed by atoms with E-state index in [4.69, 9.17) is 4.74 Å². The number of nitrogens with one attached hydrogen (secondary N) is 1. The molecule has 1 aromatic rings. The summed E-state index contributed by atoms with van der Waals surface area (Å²) in [7, 11) is 1.98. The number of benzene rings is 1. The standard InChI is InChI=1S/C16H24N2O3/c1-12(10-14(19)13-6-4-3-5-7-13)17-16(20)15-11-18(2)8-9-21-15/h3-7,12,14-15,19H,8-11H2,1-2H3,(H,17,20)/t12-,14-,15-/m1/s1. The highest BCUT2D eigenvalue weighted by atomic mass is 16.5. The maximum Gasteiger partial charge on any atom is 0.250 e. The van der Waals surface area contributed by atoms with E-state index in [0.717, 1.165) is 12.1 Å². The molecule has 0 radical (unpaired) electrons. The van der Waals surface area contributed by atoms with Crippen molar-refractivity contribution in [2.24, 2.45) is 0 Å². The van der Waals surface area contributed by atoms with Crippen molar-refractivity contribution in [2.45, 2.75) is 31.6 Å². The Balaban J connectivity index is 1.81. The second-order valence-electron chi connectivity index (χ2n) is 5.69. The number of morpholine rings is 1. The minimum absolute atomic E-state index is 0.102. The van der Waals surface area contributed by atoms with Crippen molar-refractivity contribution in [3.8, 4) is 0 Å². The van der Waals surface area contributed by atoms with E-state index in [1.165, 1.54) is 0 Å². The van der Waals surface area contributed by atoms with Crippen molar-refractivity contribution < 1.29 is 14.6 Å². The third kappa shape index (κ3) is 4.81. The van der Waals surface area contributed by atoms with Crippen LogP contribution in [-0.2, 0) is 9.53 Å². The predicted molar refractivity (Wildman–Crippen MR) is 80.9 cm³/mol. The average molecular weight is 292 g/mol. The molecule has 2 N–H and O–H groups in total. The van der Waals surface area contributed by atoms with Crippen LogP contribution in [0.4, 0.5) is 0 Å². The summed E-state index contributed by atoms with van der Waals surface area (Å²) in [5, 5.41) is 13.1. The SMILES string of the molecule is C[C@H](C[C@@H](O)c1ccccc1)NC(=O)[C@H]1CN(C)CCO1. The number of rotatable bonds is 5. The molecule has 0 unspecified atom stereocenters. The lowest BCUT2D eigenvalue weighted by Gasteiger charge is -2.30. The molecule has 1 saturated heterocycles. The summed E-state index contributed by atoms with van der Waals surface area (Å²) in [6, 6.07) is 9.37. The van der Waals surface area contributed by atoms with Gasteiger partial charge in [0, 0.05) is 19.1 Å². The molecule has 1 aliphatic rings. The summed E-state index contributed by atoms with van der Waals surface area (Å²) < 4.78 is 5.48. The number of carbonyl (C=O) groups excluding carboxylic acids is 1. The van der Waals surface area contributed by atoms with Crippen LogP contribution in [0.5, 0.6) is 0 Å². The predicted octanol–water partition coefficient (Wildman–Crippen LogP) is 0.945. The molecule has 1 aliphatic heterocycles. The van der Waals surface area contributed by atoms with Crippen LogP contribution in [0.1, 0.15) is 25.0 Å². The molecule has 0 spiro atoms. The number of nitrogens with zero attached hydrogens (tertiary/aromatic N) is 1. The number of carbonyl (C=O) groups is 1. The third-order valence-corrected chi connectivity index (χ3v) is 3.71. The Kier molecular flexibility index (Phi) is 5.73. The number of aliphatic hydroxyl groups excluding tert-OH is 1. The highest BCUT2D eigenvalue weighted by Gasteiger charge is 2.26. The summed E-state index contributed by atoms with van der Waals surface area (Å²) in [4.78, 5) is 14.2. The second kappa shape index (κ2) is 7.54. The molecule has 1 fully saturated rings. The van der Waals surface area contributed by atoms with E-state index in [9.17, 15) is 9.90 Å². The van der Waals surface area contributed by atoms with Crippen molar-refractivity contribution in [3.63, 3.8) is 0 Å². The first-order valence-electron chi connectivity index (χ1n) is 7.40. The molecule has 116 valence electrons. The van der Waals surface area contributed by atoms with Crippen LogP contribution < -0.4 is 5.32 Å². The lowest BCUT2D eigenvalue weighted by atomic mass is 10.0. The molecule has 2 rings (SSSR count). The van der Waals surface area contributed by atoms with Gasteiger partial charge in [-0.1, -0.05) is 30.3 Å².